The monoisotopic (exact) mass is 284 g/mol. The van der Waals surface area contributed by atoms with Crippen LogP contribution in [0.2, 0.25) is 0 Å². The van der Waals surface area contributed by atoms with E-state index in [0.29, 0.717) is 5.75 Å². The number of rotatable bonds is 6. The number of carbonyl (C=O) groups excluding carboxylic acids is 1. The lowest BCUT2D eigenvalue weighted by atomic mass is 9.95. The number of hydrogen-bond donors (Lipinski definition) is 0. The molecule has 0 radical (unpaired) electrons. The summed E-state index contributed by atoms with van der Waals surface area (Å²) in [5, 5.41) is 0. The fourth-order valence-electron chi connectivity index (χ4n) is 1.43. The number of ether oxygens (including phenoxy) is 3. The van der Waals surface area contributed by atoms with Crippen molar-refractivity contribution in [3.63, 3.8) is 0 Å². The van der Waals surface area contributed by atoms with Gasteiger partial charge in [0.05, 0.1) is 18.6 Å². The van der Waals surface area contributed by atoms with Crippen molar-refractivity contribution >= 4 is 5.97 Å². The van der Waals surface area contributed by atoms with Crippen LogP contribution >= 0.6 is 0 Å². The van der Waals surface area contributed by atoms with Crippen LogP contribution in [-0.2, 0) is 9.53 Å². The van der Waals surface area contributed by atoms with Crippen molar-refractivity contribution in [1.82, 2.24) is 0 Å². The summed E-state index contributed by atoms with van der Waals surface area (Å²) in [7, 11) is 1.38. The molecule has 4 nitrogen and oxygen atoms in total. The normalized spacial score (nSPS) is 11.3. The van der Waals surface area contributed by atoms with Gasteiger partial charge in [0.1, 0.15) is 12.4 Å². The van der Waals surface area contributed by atoms with Gasteiger partial charge in [-0.05, 0) is 39.8 Å². The first-order valence-electron chi connectivity index (χ1n) is 6.43. The molecule has 0 aromatic heterocycles. The van der Waals surface area contributed by atoms with E-state index in [-0.39, 0.29) is 24.4 Å². The van der Waals surface area contributed by atoms with Gasteiger partial charge in [-0.25, -0.2) is 4.39 Å². The van der Waals surface area contributed by atoms with E-state index < -0.39 is 11.2 Å². The minimum absolute atomic E-state index is 0.102. The van der Waals surface area contributed by atoms with E-state index in [1.54, 1.807) is 27.7 Å². The number of methoxy groups -OCH3 is 1. The zero-order valence-electron chi connectivity index (χ0n) is 12.5. The molecule has 1 aromatic carbocycles. The van der Waals surface area contributed by atoms with Gasteiger partial charge in [-0.1, -0.05) is 0 Å². The summed E-state index contributed by atoms with van der Waals surface area (Å²) in [5.41, 5.74) is -0.786. The molecule has 5 heteroatoms. The Morgan fingerprint density at radius 2 is 2.00 bits per heavy atom. The van der Waals surface area contributed by atoms with Crippen molar-refractivity contribution in [1.29, 1.82) is 0 Å². The molecule has 0 fully saturated rings. The summed E-state index contributed by atoms with van der Waals surface area (Å²) < 4.78 is 28.8. The second kappa shape index (κ2) is 6.59. The molecule has 112 valence electrons. The third-order valence-corrected chi connectivity index (χ3v) is 2.62. The summed E-state index contributed by atoms with van der Waals surface area (Å²) in [4.78, 5) is 11.9. The van der Waals surface area contributed by atoms with Crippen molar-refractivity contribution in [2.45, 2.75) is 33.8 Å². The average molecular weight is 284 g/mol. The van der Waals surface area contributed by atoms with Crippen LogP contribution in [0.25, 0.3) is 0 Å². The maximum atomic E-state index is 13.3. The van der Waals surface area contributed by atoms with Crippen LogP contribution < -0.4 is 9.47 Å². The first-order valence-corrected chi connectivity index (χ1v) is 6.43. The van der Waals surface area contributed by atoms with Crippen molar-refractivity contribution in [2.75, 3.05) is 13.7 Å². The van der Waals surface area contributed by atoms with Crippen molar-refractivity contribution < 1.29 is 23.4 Å². The minimum Gasteiger partial charge on any atom is -0.494 e. The summed E-state index contributed by atoms with van der Waals surface area (Å²) >= 11 is 0. The predicted octanol–water partition coefficient (Wildman–Crippen LogP) is 3.19. The highest BCUT2D eigenvalue weighted by Crippen LogP contribution is 2.26. The van der Waals surface area contributed by atoms with E-state index in [1.807, 2.05) is 0 Å². The third-order valence-electron chi connectivity index (χ3n) is 2.62. The van der Waals surface area contributed by atoms with Crippen LogP contribution in [0.15, 0.2) is 18.2 Å². The zero-order chi connectivity index (χ0) is 15.3. The first-order chi connectivity index (χ1) is 9.26. The Balaban J connectivity index is 2.68. The van der Waals surface area contributed by atoms with Crippen LogP contribution in [0.4, 0.5) is 4.39 Å². The Hall–Kier alpha value is -1.78. The highest BCUT2D eigenvalue weighted by atomic mass is 19.1. The largest absolute Gasteiger partial charge is 0.494 e. The third kappa shape index (κ3) is 4.40. The molecule has 0 unspecified atom stereocenters. The second-order valence-electron chi connectivity index (χ2n) is 5.42. The van der Waals surface area contributed by atoms with Crippen LogP contribution in [0.3, 0.4) is 0 Å². The summed E-state index contributed by atoms with van der Waals surface area (Å²) in [6.45, 7) is 7.18. The van der Waals surface area contributed by atoms with E-state index in [2.05, 4.69) is 0 Å². The molecule has 0 amide bonds. The molecule has 20 heavy (non-hydrogen) atoms. The summed E-state index contributed by atoms with van der Waals surface area (Å²) in [6.07, 6.45) is -0.173. The topological polar surface area (TPSA) is 44.8 Å². The quantitative estimate of drug-likeness (QED) is 0.753. The van der Waals surface area contributed by atoms with E-state index in [0.717, 1.165) is 0 Å². The van der Waals surface area contributed by atoms with E-state index in [1.165, 1.54) is 25.3 Å². The Morgan fingerprint density at radius 1 is 1.35 bits per heavy atom. The predicted molar refractivity (Wildman–Crippen MR) is 73.5 cm³/mol. The van der Waals surface area contributed by atoms with E-state index >= 15 is 0 Å². The molecular formula is C15H21FO4. The summed E-state index contributed by atoms with van der Waals surface area (Å²) in [6, 6.07) is 4.19. The Labute approximate surface area is 118 Å². The van der Waals surface area contributed by atoms with Crippen LogP contribution in [0.1, 0.15) is 27.7 Å². The van der Waals surface area contributed by atoms with Gasteiger partial charge in [-0.3, -0.25) is 4.79 Å². The SMILES string of the molecule is COc1cc(OCC(C)(C)C(=O)OC(C)C)ccc1F. The number of esters is 1. The van der Waals surface area contributed by atoms with Gasteiger partial charge >= 0.3 is 5.97 Å². The molecule has 1 rings (SSSR count). The number of carbonyl (C=O) groups is 1. The first kappa shape index (κ1) is 16.3. The molecule has 0 aliphatic carbocycles. The number of halogens is 1. The van der Waals surface area contributed by atoms with Gasteiger partial charge in [0.2, 0.25) is 0 Å². The molecule has 0 heterocycles. The highest BCUT2D eigenvalue weighted by molar-refractivity contribution is 5.76. The van der Waals surface area contributed by atoms with Crippen LogP contribution in [-0.4, -0.2) is 25.8 Å². The van der Waals surface area contributed by atoms with Gasteiger partial charge in [-0.2, -0.15) is 0 Å². The van der Waals surface area contributed by atoms with Crippen molar-refractivity contribution in [2.24, 2.45) is 5.41 Å². The highest BCUT2D eigenvalue weighted by Gasteiger charge is 2.31. The lowest BCUT2D eigenvalue weighted by Gasteiger charge is -2.24. The van der Waals surface area contributed by atoms with E-state index in [4.69, 9.17) is 14.2 Å². The van der Waals surface area contributed by atoms with Crippen molar-refractivity contribution in [3.8, 4) is 11.5 Å². The fourth-order valence-corrected chi connectivity index (χ4v) is 1.43. The van der Waals surface area contributed by atoms with E-state index in [9.17, 15) is 9.18 Å². The molecule has 0 aliphatic heterocycles. The second-order valence-corrected chi connectivity index (χ2v) is 5.42. The average Bonchev–Trinajstić information content (AvgIpc) is 2.37. The molecule has 0 aliphatic rings. The molecule has 0 N–H and O–H groups in total. The molecule has 0 spiro atoms. The lowest BCUT2D eigenvalue weighted by molar-refractivity contribution is -0.159. The van der Waals surface area contributed by atoms with Crippen molar-refractivity contribution in [3.05, 3.63) is 24.0 Å². The van der Waals surface area contributed by atoms with Gasteiger partial charge in [0.25, 0.3) is 0 Å². The van der Waals surface area contributed by atoms with Gasteiger partial charge in [0.15, 0.2) is 11.6 Å². The van der Waals surface area contributed by atoms with Gasteiger partial charge < -0.3 is 14.2 Å². The maximum Gasteiger partial charge on any atom is 0.315 e. The van der Waals surface area contributed by atoms with Crippen LogP contribution in [0, 0.1) is 11.2 Å². The molecule has 0 saturated carbocycles. The lowest BCUT2D eigenvalue weighted by Crippen LogP contribution is -2.34. The van der Waals surface area contributed by atoms with Crippen LogP contribution in [0.5, 0.6) is 11.5 Å². The Kier molecular flexibility index (Phi) is 5.36. The molecular weight excluding hydrogens is 263 g/mol. The van der Waals surface area contributed by atoms with Gasteiger partial charge in [-0.15, -0.1) is 0 Å². The molecule has 0 saturated heterocycles. The fraction of sp³-hybridized carbons (Fsp3) is 0.533. The maximum absolute atomic E-state index is 13.3. The standard InChI is InChI=1S/C15H21FO4/c1-10(2)20-14(17)15(3,4)9-19-11-6-7-12(16)13(8-11)18-5/h6-8,10H,9H2,1-5H3. The molecule has 0 atom stereocenters. The molecule has 0 bridgehead atoms. The Bertz CT molecular complexity index is 469. The minimum atomic E-state index is -0.786. The summed E-state index contributed by atoms with van der Waals surface area (Å²) in [5.74, 6) is -0.251. The Morgan fingerprint density at radius 3 is 2.55 bits per heavy atom. The zero-order valence-corrected chi connectivity index (χ0v) is 12.5. The molecule has 1 aromatic rings. The van der Waals surface area contributed by atoms with Gasteiger partial charge in [0, 0.05) is 6.07 Å². The number of hydrogen-bond acceptors (Lipinski definition) is 4. The number of benzene rings is 1. The smallest absolute Gasteiger partial charge is 0.315 e.